The van der Waals surface area contributed by atoms with Gasteiger partial charge in [0.2, 0.25) is 5.91 Å². The first-order valence-corrected chi connectivity index (χ1v) is 11.2. The van der Waals surface area contributed by atoms with E-state index >= 15 is 0 Å². The zero-order valence-corrected chi connectivity index (χ0v) is 18.7. The molecular formula is C25H26N2O3S. The van der Waals surface area contributed by atoms with Gasteiger partial charge in [0.1, 0.15) is 0 Å². The maximum absolute atomic E-state index is 13.7. The van der Waals surface area contributed by atoms with Gasteiger partial charge in [-0.15, -0.1) is 11.3 Å². The highest BCUT2D eigenvalue weighted by molar-refractivity contribution is 7.10. The third-order valence-corrected chi connectivity index (χ3v) is 6.52. The van der Waals surface area contributed by atoms with Crippen LogP contribution in [-0.2, 0) is 9.53 Å². The molecule has 2 amide bonds. The van der Waals surface area contributed by atoms with Gasteiger partial charge in [-0.3, -0.25) is 9.59 Å². The van der Waals surface area contributed by atoms with Gasteiger partial charge in [-0.05, 0) is 60.2 Å². The zero-order valence-electron chi connectivity index (χ0n) is 17.9. The molecule has 4 rings (SSSR count). The van der Waals surface area contributed by atoms with Crippen molar-refractivity contribution in [3.8, 4) is 0 Å². The molecule has 2 heterocycles. The number of anilines is 1. The summed E-state index contributed by atoms with van der Waals surface area (Å²) < 4.78 is 5.27. The van der Waals surface area contributed by atoms with E-state index in [-0.39, 0.29) is 17.9 Å². The molecule has 1 aliphatic heterocycles. The first-order valence-electron chi connectivity index (χ1n) is 10.3. The third-order valence-electron chi connectivity index (χ3n) is 5.58. The second-order valence-corrected chi connectivity index (χ2v) is 8.86. The highest BCUT2D eigenvalue weighted by Gasteiger charge is 2.44. The van der Waals surface area contributed by atoms with Gasteiger partial charge < -0.3 is 15.0 Å². The largest absolute Gasteiger partial charge is 0.383 e. The first kappa shape index (κ1) is 21.3. The maximum Gasteiger partial charge on any atom is 0.254 e. The van der Waals surface area contributed by atoms with E-state index in [1.807, 2.05) is 61.7 Å². The van der Waals surface area contributed by atoms with Gasteiger partial charge in [0, 0.05) is 29.8 Å². The lowest BCUT2D eigenvalue weighted by atomic mass is 9.81. The lowest BCUT2D eigenvalue weighted by Crippen LogP contribution is -2.47. The Hall–Kier alpha value is -2.96. The van der Waals surface area contributed by atoms with Crippen LogP contribution in [0.5, 0.6) is 0 Å². The van der Waals surface area contributed by atoms with E-state index in [9.17, 15) is 9.59 Å². The first-order chi connectivity index (χ1) is 15.0. The van der Waals surface area contributed by atoms with Gasteiger partial charge in [-0.1, -0.05) is 30.3 Å². The molecule has 0 aliphatic carbocycles. The van der Waals surface area contributed by atoms with Crippen LogP contribution in [0.15, 0.2) is 60.0 Å². The summed E-state index contributed by atoms with van der Waals surface area (Å²) in [4.78, 5) is 29.9. The van der Waals surface area contributed by atoms with Crippen molar-refractivity contribution >= 4 is 28.8 Å². The highest BCUT2D eigenvalue weighted by Crippen LogP contribution is 2.44. The summed E-state index contributed by atoms with van der Waals surface area (Å²) in [7, 11) is 1.62. The van der Waals surface area contributed by atoms with Crippen LogP contribution >= 0.6 is 11.3 Å². The molecule has 0 unspecified atom stereocenters. The van der Waals surface area contributed by atoms with Crippen LogP contribution in [0.25, 0.3) is 0 Å². The van der Waals surface area contributed by atoms with Crippen molar-refractivity contribution in [1.82, 2.24) is 4.90 Å². The highest BCUT2D eigenvalue weighted by atomic mass is 32.1. The van der Waals surface area contributed by atoms with Crippen LogP contribution in [0.4, 0.5) is 5.69 Å². The molecule has 2 aromatic carbocycles. The standard InChI is InChI=1S/C25H26N2O3S/c1-16-13-17(2)15-18(14-16)26-24(28)22-19-7-4-5-8-20(19)25(29)27(10-11-30-3)23(22)21-9-6-12-31-21/h4-9,12-15,22-23H,10-11H2,1-3H3,(H,26,28)/t22-,23+/m1/s1. The number of nitrogens with one attached hydrogen (secondary N) is 1. The van der Waals surface area contributed by atoms with Gasteiger partial charge >= 0.3 is 0 Å². The van der Waals surface area contributed by atoms with Gasteiger partial charge in [0.05, 0.1) is 18.6 Å². The number of ether oxygens (including phenoxy) is 1. The molecule has 0 radical (unpaired) electrons. The normalized spacial score (nSPS) is 18.0. The molecule has 31 heavy (non-hydrogen) atoms. The molecule has 1 aliphatic rings. The van der Waals surface area contributed by atoms with Crippen LogP contribution in [0.1, 0.15) is 43.9 Å². The van der Waals surface area contributed by atoms with Crippen LogP contribution in [0.3, 0.4) is 0 Å². The fourth-order valence-electron chi connectivity index (χ4n) is 4.35. The van der Waals surface area contributed by atoms with Crippen molar-refractivity contribution in [3.63, 3.8) is 0 Å². The van der Waals surface area contributed by atoms with Crippen LogP contribution < -0.4 is 5.32 Å². The summed E-state index contributed by atoms with van der Waals surface area (Å²) in [5.74, 6) is -0.711. The Bertz CT molecular complexity index is 1070. The molecule has 0 bridgehead atoms. The lowest BCUT2D eigenvalue weighted by molar-refractivity contribution is -0.119. The number of hydrogen-bond acceptors (Lipinski definition) is 4. The number of hydrogen-bond donors (Lipinski definition) is 1. The number of thiophene rings is 1. The Morgan fingerprint density at radius 2 is 1.84 bits per heavy atom. The molecule has 0 spiro atoms. The van der Waals surface area contributed by atoms with E-state index in [4.69, 9.17) is 4.74 Å². The minimum atomic E-state index is -0.523. The zero-order chi connectivity index (χ0) is 22.0. The van der Waals surface area contributed by atoms with E-state index in [0.29, 0.717) is 18.7 Å². The molecule has 6 heteroatoms. The van der Waals surface area contributed by atoms with Gasteiger partial charge in [-0.25, -0.2) is 0 Å². The van der Waals surface area contributed by atoms with Crippen molar-refractivity contribution in [2.45, 2.75) is 25.8 Å². The second-order valence-electron chi connectivity index (χ2n) is 7.88. The van der Waals surface area contributed by atoms with Crippen LogP contribution in [-0.4, -0.2) is 37.0 Å². The summed E-state index contributed by atoms with van der Waals surface area (Å²) in [6.07, 6.45) is 0. The van der Waals surface area contributed by atoms with E-state index in [1.165, 1.54) is 0 Å². The Morgan fingerprint density at radius 1 is 1.10 bits per heavy atom. The molecule has 3 aromatic rings. The predicted molar refractivity (Wildman–Crippen MR) is 124 cm³/mol. The van der Waals surface area contributed by atoms with Crippen molar-refractivity contribution in [2.75, 3.05) is 25.6 Å². The molecule has 1 N–H and O–H groups in total. The molecule has 0 saturated heterocycles. The van der Waals surface area contributed by atoms with E-state index in [2.05, 4.69) is 11.4 Å². The quantitative estimate of drug-likeness (QED) is 0.598. The Labute approximate surface area is 186 Å². The average molecular weight is 435 g/mol. The summed E-state index contributed by atoms with van der Waals surface area (Å²) in [5, 5.41) is 5.09. The number of aryl methyl sites for hydroxylation is 2. The third kappa shape index (κ3) is 4.27. The monoisotopic (exact) mass is 434 g/mol. The van der Waals surface area contributed by atoms with E-state index in [1.54, 1.807) is 29.4 Å². The number of methoxy groups -OCH3 is 1. The Morgan fingerprint density at radius 3 is 2.52 bits per heavy atom. The number of carbonyl (C=O) groups excluding carboxylic acids is 2. The van der Waals surface area contributed by atoms with Crippen molar-refractivity contribution in [1.29, 1.82) is 0 Å². The number of carbonyl (C=O) groups is 2. The molecule has 5 nitrogen and oxygen atoms in total. The summed E-state index contributed by atoms with van der Waals surface area (Å²) in [6.45, 7) is 4.84. The van der Waals surface area contributed by atoms with Crippen LogP contribution in [0, 0.1) is 13.8 Å². The van der Waals surface area contributed by atoms with Crippen molar-refractivity contribution < 1.29 is 14.3 Å². The summed E-state index contributed by atoms with van der Waals surface area (Å²) >= 11 is 1.56. The topological polar surface area (TPSA) is 58.6 Å². The Kier molecular flexibility index (Phi) is 6.20. The molecule has 160 valence electrons. The number of rotatable bonds is 6. The predicted octanol–water partition coefficient (Wildman–Crippen LogP) is 4.93. The minimum Gasteiger partial charge on any atom is -0.383 e. The van der Waals surface area contributed by atoms with Crippen molar-refractivity contribution in [3.05, 3.63) is 87.1 Å². The van der Waals surface area contributed by atoms with E-state index in [0.717, 1.165) is 27.3 Å². The fraction of sp³-hybridized carbons (Fsp3) is 0.280. The number of nitrogens with zero attached hydrogens (tertiary/aromatic N) is 1. The van der Waals surface area contributed by atoms with Gasteiger partial charge in [0.15, 0.2) is 0 Å². The SMILES string of the molecule is COCCN1C(=O)c2ccccc2[C@@H](C(=O)Nc2cc(C)cc(C)c2)[C@@H]1c1cccs1. The Balaban J connectivity index is 1.80. The minimum absolute atomic E-state index is 0.0681. The number of fused-ring (bicyclic) bond motifs is 1. The summed E-state index contributed by atoms with van der Waals surface area (Å²) in [5.41, 5.74) is 4.29. The van der Waals surface area contributed by atoms with Gasteiger partial charge in [-0.2, -0.15) is 0 Å². The average Bonchev–Trinajstić information content (AvgIpc) is 3.26. The maximum atomic E-state index is 13.7. The smallest absolute Gasteiger partial charge is 0.254 e. The lowest BCUT2D eigenvalue weighted by Gasteiger charge is -2.41. The second kappa shape index (κ2) is 9.04. The molecule has 1 aromatic heterocycles. The van der Waals surface area contributed by atoms with Crippen molar-refractivity contribution in [2.24, 2.45) is 0 Å². The summed E-state index contributed by atoms with van der Waals surface area (Å²) in [6, 6.07) is 17.0. The molecular weight excluding hydrogens is 408 g/mol. The van der Waals surface area contributed by atoms with Crippen LogP contribution in [0.2, 0.25) is 0 Å². The number of benzene rings is 2. The molecule has 0 fully saturated rings. The number of amides is 2. The molecule has 2 atom stereocenters. The van der Waals surface area contributed by atoms with E-state index < -0.39 is 5.92 Å². The molecule has 0 saturated carbocycles. The van der Waals surface area contributed by atoms with Gasteiger partial charge in [0.25, 0.3) is 5.91 Å². The fourth-order valence-corrected chi connectivity index (χ4v) is 5.23.